The van der Waals surface area contributed by atoms with Crippen molar-refractivity contribution in [1.82, 2.24) is 0 Å². The molecule has 5 nitrogen and oxygen atoms in total. The van der Waals surface area contributed by atoms with Crippen LogP contribution in [0.2, 0.25) is 0 Å². The van der Waals surface area contributed by atoms with Crippen LogP contribution >= 0.6 is 0 Å². The average Bonchev–Trinajstić information content (AvgIpc) is 3.30. The number of hydrogen-bond acceptors (Lipinski definition) is 5. The van der Waals surface area contributed by atoms with Gasteiger partial charge in [0.2, 0.25) is 0 Å². The summed E-state index contributed by atoms with van der Waals surface area (Å²) in [6.45, 7) is 3.92. The van der Waals surface area contributed by atoms with E-state index >= 15 is 0 Å². The molecule has 64 heavy (non-hydrogen) atoms. The van der Waals surface area contributed by atoms with Gasteiger partial charge in [-0.05, 0) is 89.9 Å². The molecular formula is C59H100O5. The van der Waals surface area contributed by atoms with Crippen molar-refractivity contribution in [2.75, 3.05) is 13.2 Å². The van der Waals surface area contributed by atoms with Gasteiger partial charge in [0.25, 0.3) is 0 Å². The van der Waals surface area contributed by atoms with Crippen molar-refractivity contribution >= 4 is 11.9 Å². The van der Waals surface area contributed by atoms with E-state index in [1.54, 1.807) is 0 Å². The molecule has 0 saturated carbocycles. The van der Waals surface area contributed by atoms with Crippen molar-refractivity contribution in [2.24, 2.45) is 0 Å². The summed E-state index contributed by atoms with van der Waals surface area (Å²) in [6, 6.07) is 0. The number of unbranched alkanes of at least 4 members (excludes halogenated alkanes) is 24. The molecule has 0 saturated heterocycles. The van der Waals surface area contributed by atoms with Crippen LogP contribution in [0.3, 0.4) is 0 Å². The summed E-state index contributed by atoms with van der Waals surface area (Å²) in [7, 11) is 0. The van der Waals surface area contributed by atoms with Gasteiger partial charge in [-0.2, -0.15) is 0 Å². The van der Waals surface area contributed by atoms with E-state index in [1.807, 2.05) is 0 Å². The Morgan fingerprint density at radius 3 is 0.938 bits per heavy atom. The molecule has 0 radical (unpaired) electrons. The molecule has 0 aromatic heterocycles. The Hall–Kier alpha value is -3.18. The van der Waals surface area contributed by atoms with Gasteiger partial charge in [-0.3, -0.25) is 9.59 Å². The van der Waals surface area contributed by atoms with Crippen LogP contribution in [-0.4, -0.2) is 36.4 Å². The monoisotopic (exact) mass is 889 g/mol. The van der Waals surface area contributed by atoms with Crippen molar-refractivity contribution in [2.45, 2.75) is 251 Å². The maximum Gasteiger partial charge on any atom is 0.306 e. The predicted octanol–water partition coefficient (Wildman–Crippen LogP) is 18.0. The fraction of sp³-hybridized carbons (Fsp3) is 0.695. The topological polar surface area (TPSA) is 72.8 Å². The number of allylic oxidation sites excluding steroid dienone is 16. The Morgan fingerprint density at radius 1 is 0.359 bits per heavy atom. The highest BCUT2D eigenvalue weighted by molar-refractivity contribution is 5.70. The lowest BCUT2D eigenvalue weighted by molar-refractivity contribution is -0.161. The zero-order valence-corrected chi connectivity index (χ0v) is 41.8. The lowest BCUT2D eigenvalue weighted by Gasteiger charge is -2.15. The molecule has 0 heterocycles. The number of esters is 2. The van der Waals surface area contributed by atoms with Gasteiger partial charge in [-0.1, -0.05) is 239 Å². The highest BCUT2D eigenvalue weighted by Crippen LogP contribution is 2.16. The van der Waals surface area contributed by atoms with Gasteiger partial charge in [-0.25, -0.2) is 0 Å². The third-order valence-electron chi connectivity index (χ3n) is 11.4. The SMILES string of the molecule is CC/C=C\C/C=C\C/C=C\C/C=C\CCCCCCCCCCCCCCCCCCC(=O)OC(CO)COC(=O)CCCCCCCCCC/C=C\C/C=C\C/C=C\C/C=C\CC. The van der Waals surface area contributed by atoms with Gasteiger partial charge in [-0.15, -0.1) is 0 Å². The van der Waals surface area contributed by atoms with Crippen molar-refractivity contribution in [3.63, 3.8) is 0 Å². The Bertz CT molecular complexity index is 1230. The second-order valence-electron chi connectivity index (χ2n) is 17.5. The van der Waals surface area contributed by atoms with E-state index in [-0.39, 0.29) is 25.2 Å². The molecule has 366 valence electrons. The van der Waals surface area contributed by atoms with E-state index in [4.69, 9.17) is 9.47 Å². The van der Waals surface area contributed by atoms with Gasteiger partial charge in [0.15, 0.2) is 6.10 Å². The van der Waals surface area contributed by atoms with Crippen LogP contribution in [0.5, 0.6) is 0 Å². The molecule has 0 bridgehead atoms. The van der Waals surface area contributed by atoms with Crippen LogP contribution in [0.1, 0.15) is 245 Å². The molecule has 0 amide bonds. The number of rotatable bonds is 48. The van der Waals surface area contributed by atoms with Crippen LogP contribution in [0, 0.1) is 0 Å². The number of ether oxygens (including phenoxy) is 2. The Labute approximate surface area is 396 Å². The third-order valence-corrected chi connectivity index (χ3v) is 11.4. The van der Waals surface area contributed by atoms with E-state index in [9.17, 15) is 14.7 Å². The number of aliphatic hydroxyl groups is 1. The predicted molar refractivity (Wildman–Crippen MR) is 279 cm³/mol. The lowest BCUT2D eigenvalue weighted by atomic mass is 10.0. The number of carbonyl (C=O) groups is 2. The maximum absolute atomic E-state index is 12.3. The van der Waals surface area contributed by atoms with Crippen LogP contribution in [0.4, 0.5) is 0 Å². The summed E-state index contributed by atoms with van der Waals surface area (Å²) >= 11 is 0. The molecule has 0 spiro atoms. The molecule has 5 heteroatoms. The summed E-state index contributed by atoms with van der Waals surface area (Å²) in [5, 5.41) is 9.64. The van der Waals surface area contributed by atoms with Crippen molar-refractivity contribution in [3.05, 3.63) is 97.2 Å². The number of hydrogen-bond donors (Lipinski definition) is 1. The quantitative estimate of drug-likeness (QED) is 0.0374. The first-order chi connectivity index (χ1) is 31.6. The minimum Gasteiger partial charge on any atom is -0.462 e. The molecule has 0 aromatic carbocycles. The van der Waals surface area contributed by atoms with Crippen LogP contribution in [0.15, 0.2) is 97.2 Å². The van der Waals surface area contributed by atoms with Gasteiger partial charge in [0.05, 0.1) is 6.61 Å². The molecule has 0 aliphatic carbocycles. The molecule has 0 aliphatic heterocycles. The van der Waals surface area contributed by atoms with E-state index < -0.39 is 6.10 Å². The first-order valence-corrected chi connectivity index (χ1v) is 26.8. The van der Waals surface area contributed by atoms with Gasteiger partial charge in [0, 0.05) is 12.8 Å². The minimum absolute atomic E-state index is 0.0732. The van der Waals surface area contributed by atoms with E-state index in [0.717, 1.165) is 96.3 Å². The minimum atomic E-state index is -0.781. The largest absolute Gasteiger partial charge is 0.462 e. The second kappa shape index (κ2) is 54.2. The number of carbonyl (C=O) groups excluding carboxylic acids is 2. The van der Waals surface area contributed by atoms with Crippen molar-refractivity contribution in [3.8, 4) is 0 Å². The van der Waals surface area contributed by atoms with E-state index in [2.05, 4.69) is 111 Å². The Kier molecular flexibility index (Phi) is 51.5. The summed E-state index contributed by atoms with van der Waals surface area (Å²) in [4.78, 5) is 24.5. The fourth-order valence-corrected chi connectivity index (χ4v) is 7.42. The van der Waals surface area contributed by atoms with Gasteiger partial charge >= 0.3 is 11.9 Å². The molecule has 0 fully saturated rings. The van der Waals surface area contributed by atoms with Gasteiger partial charge in [0.1, 0.15) is 6.61 Å². The molecule has 1 atom stereocenters. The normalized spacial score (nSPS) is 13.0. The first-order valence-electron chi connectivity index (χ1n) is 26.8. The molecule has 1 unspecified atom stereocenters. The van der Waals surface area contributed by atoms with Crippen LogP contribution in [0.25, 0.3) is 0 Å². The average molecular weight is 889 g/mol. The second-order valence-corrected chi connectivity index (χ2v) is 17.5. The molecule has 0 aliphatic rings. The molecule has 0 aromatic rings. The highest BCUT2D eigenvalue weighted by Gasteiger charge is 2.16. The summed E-state index contributed by atoms with van der Waals surface area (Å²) in [5.74, 6) is -0.598. The lowest BCUT2D eigenvalue weighted by Crippen LogP contribution is -2.28. The summed E-state index contributed by atoms with van der Waals surface area (Å²) < 4.78 is 10.7. The zero-order chi connectivity index (χ0) is 46.3. The standard InChI is InChI=1S/C59H100O5/c1-3-5-7-9-11-13-15-17-19-21-23-25-26-27-28-29-30-31-32-34-36-38-40-42-44-46-48-50-52-54-59(62)64-57(55-60)56-63-58(61)53-51-49-47-45-43-41-39-37-35-33-24-22-20-18-16-14-12-10-8-6-4-2/h5-8,11-14,17-20,23-25,33,57,60H,3-4,9-10,15-16,21-22,26-32,34-56H2,1-2H3/b7-5-,8-6-,13-11-,14-12-,19-17-,20-18-,25-23-,33-24-. The number of aliphatic hydroxyl groups excluding tert-OH is 1. The first kappa shape index (κ1) is 60.8. The van der Waals surface area contributed by atoms with Crippen LogP contribution < -0.4 is 0 Å². The third kappa shape index (κ3) is 51.5. The maximum atomic E-state index is 12.3. The van der Waals surface area contributed by atoms with Crippen molar-refractivity contribution < 1.29 is 24.2 Å². The molecule has 0 rings (SSSR count). The van der Waals surface area contributed by atoms with E-state index in [0.29, 0.717) is 12.8 Å². The molecular weight excluding hydrogens is 789 g/mol. The van der Waals surface area contributed by atoms with Crippen molar-refractivity contribution in [1.29, 1.82) is 0 Å². The van der Waals surface area contributed by atoms with Gasteiger partial charge < -0.3 is 14.6 Å². The zero-order valence-electron chi connectivity index (χ0n) is 41.8. The summed E-state index contributed by atoms with van der Waals surface area (Å²) in [6.07, 6.45) is 76.5. The smallest absolute Gasteiger partial charge is 0.306 e. The Morgan fingerprint density at radius 2 is 0.625 bits per heavy atom. The fourth-order valence-electron chi connectivity index (χ4n) is 7.42. The molecule has 1 N–H and O–H groups in total. The highest BCUT2D eigenvalue weighted by atomic mass is 16.6. The van der Waals surface area contributed by atoms with Crippen LogP contribution in [-0.2, 0) is 19.1 Å². The Balaban J connectivity index is 3.50. The van der Waals surface area contributed by atoms with E-state index in [1.165, 1.54) is 122 Å². The summed E-state index contributed by atoms with van der Waals surface area (Å²) in [5.41, 5.74) is 0.